The molecule has 1 aliphatic rings. The fraction of sp³-hybridized carbons (Fsp3) is 0.500. The molecule has 2 rings (SSSR count). The Morgan fingerprint density at radius 2 is 2.38 bits per heavy atom. The highest BCUT2D eigenvalue weighted by Crippen LogP contribution is 2.08. The molecule has 1 atom stereocenters. The first kappa shape index (κ1) is 9.14. The summed E-state index contributed by atoms with van der Waals surface area (Å²) in [6.07, 6.45) is 1.16. The minimum absolute atomic E-state index is 0.509. The van der Waals surface area contributed by atoms with Crippen molar-refractivity contribution >= 4 is 28.4 Å². The Morgan fingerprint density at radius 1 is 1.46 bits per heavy atom. The predicted molar refractivity (Wildman–Crippen MR) is 59.6 cm³/mol. The summed E-state index contributed by atoms with van der Waals surface area (Å²) >= 11 is 2.15. The molecule has 0 radical (unpaired) electrons. The fourth-order valence-electron chi connectivity index (χ4n) is 1.38. The summed E-state index contributed by atoms with van der Waals surface area (Å²) in [4.78, 5) is 0. The van der Waals surface area contributed by atoms with Crippen LogP contribution in [0.2, 0.25) is 0 Å². The molecule has 0 spiro atoms. The standard InChI is InChI=1S/C8H11IN4/c9-7-1-2-8(13-12-7)11-6-3-4-10-5-6/h1-2,6,10H,3-5H2,(H,11,13). The molecular weight excluding hydrogens is 279 g/mol. The third-order valence-corrected chi connectivity index (χ3v) is 2.62. The lowest BCUT2D eigenvalue weighted by atomic mass is 10.2. The number of aromatic nitrogens is 2. The van der Waals surface area contributed by atoms with E-state index in [2.05, 4.69) is 43.4 Å². The zero-order valence-corrected chi connectivity index (χ0v) is 9.28. The van der Waals surface area contributed by atoms with Gasteiger partial charge in [0, 0.05) is 12.6 Å². The zero-order chi connectivity index (χ0) is 9.10. The Labute approximate surface area is 90.7 Å². The zero-order valence-electron chi connectivity index (χ0n) is 7.13. The van der Waals surface area contributed by atoms with Gasteiger partial charge >= 0.3 is 0 Å². The molecule has 1 aliphatic heterocycles. The summed E-state index contributed by atoms with van der Waals surface area (Å²) in [6.45, 7) is 2.11. The van der Waals surface area contributed by atoms with Gasteiger partial charge in [0.2, 0.25) is 0 Å². The monoisotopic (exact) mass is 290 g/mol. The number of halogens is 1. The molecule has 1 aromatic rings. The molecule has 70 valence electrons. The lowest BCUT2D eigenvalue weighted by Gasteiger charge is -2.10. The van der Waals surface area contributed by atoms with Gasteiger partial charge in [0.15, 0.2) is 0 Å². The Kier molecular flexibility index (Phi) is 2.94. The van der Waals surface area contributed by atoms with Crippen LogP contribution in [0.1, 0.15) is 6.42 Å². The van der Waals surface area contributed by atoms with E-state index in [1.54, 1.807) is 0 Å². The summed E-state index contributed by atoms with van der Waals surface area (Å²) in [5.41, 5.74) is 0. The van der Waals surface area contributed by atoms with Gasteiger partial charge in [0.25, 0.3) is 0 Å². The Balaban J connectivity index is 1.97. The van der Waals surface area contributed by atoms with Gasteiger partial charge < -0.3 is 10.6 Å². The number of nitrogens with one attached hydrogen (secondary N) is 2. The van der Waals surface area contributed by atoms with Gasteiger partial charge in [-0.3, -0.25) is 0 Å². The van der Waals surface area contributed by atoms with E-state index >= 15 is 0 Å². The molecule has 1 fully saturated rings. The average Bonchev–Trinajstić information content (AvgIpc) is 2.62. The first-order valence-corrected chi connectivity index (χ1v) is 5.39. The summed E-state index contributed by atoms with van der Waals surface area (Å²) in [5.74, 6) is 0.870. The Hall–Kier alpha value is -0.430. The molecule has 0 bridgehead atoms. The van der Waals surface area contributed by atoms with E-state index in [-0.39, 0.29) is 0 Å². The van der Waals surface area contributed by atoms with Crippen LogP contribution in [0.4, 0.5) is 5.82 Å². The molecule has 0 amide bonds. The third-order valence-electron chi connectivity index (χ3n) is 2.04. The molecule has 1 unspecified atom stereocenters. The van der Waals surface area contributed by atoms with Crippen molar-refractivity contribution < 1.29 is 0 Å². The minimum Gasteiger partial charge on any atom is -0.365 e. The highest BCUT2D eigenvalue weighted by molar-refractivity contribution is 14.1. The van der Waals surface area contributed by atoms with Gasteiger partial charge in [-0.2, -0.15) is 0 Å². The second kappa shape index (κ2) is 4.19. The number of hydrogen-bond acceptors (Lipinski definition) is 4. The van der Waals surface area contributed by atoms with Crippen molar-refractivity contribution in [2.24, 2.45) is 0 Å². The Bertz CT molecular complexity index is 268. The van der Waals surface area contributed by atoms with Gasteiger partial charge in [-0.15, -0.1) is 10.2 Å². The van der Waals surface area contributed by atoms with E-state index < -0.39 is 0 Å². The van der Waals surface area contributed by atoms with E-state index in [0.717, 1.165) is 29.0 Å². The van der Waals surface area contributed by atoms with Crippen molar-refractivity contribution in [1.29, 1.82) is 0 Å². The van der Waals surface area contributed by atoms with Gasteiger partial charge in [0.05, 0.1) is 0 Å². The largest absolute Gasteiger partial charge is 0.365 e. The molecule has 0 saturated carbocycles. The van der Waals surface area contributed by atoms with Crippen LogP contribution in [-0.2, 0) is 0 Å². The molecule has 13 heavy (non-hydrogen) atoms. The quantitative estimate of drug-likeness (QED) is 0.793. The van der Waals surface area contributed by atoms with Gasteiger partial charge in [-0.1, -0.05) is 0 Å². The lowest BCUT2D eigenvalue weighted by molar-refractivity contribution is 0.781. The van der Waals surface area contributed by atoms with E-state index in [4.69, 9.17) is 0 Å². The maximum atomic E-state index is 4.05. The average molecular weight is 290 g/mol. The van der Waals surface area contributed by atoms with Crippen molar-refractivity contribution in [2.45, 2.75) is 12.5 Å². The normalized spacial score (nSPS) is 21.8. The van der Waals surface area contributed by atoms with Crippen LogP contribution in [0.25, 0.3) is 0 Å². The fourth-order valence-corrected chi connectivity index (χ4v) is 1.67. The maximum Gasteiger partial charge on any atom is 0.148 e. The van der Waals surface area contributed by atoms with Crippen molar-refractivity contribution in [1.82, 2.24) is 15.5 Å². The second-order valence-corrected chi connectivity index (χ2v) is 4.18. The molecule has 2 N–H and O–H groups in total. The predicted octanol–water partition coefficient (Wildman–Crippen LogP) is 0.855. The summed E-state index contributed by atoms with van der Waals surface area (Å²) in [7, 11) is 0. The highest BCUT2D eigenvalue weighted by Gasteiger charge is 2.13. The maximum absolute atomic E-state index is 4.05. The minimum atomic E-state index is 0.509. The van der Waals surface area contributed by atoms with Crippen LogP contribution in [0.3, 0.4) is 0 Å². The van der Waals surface area contributed by atoms with Gasteiger partial charge in [-0.05, 0) is 47.7 Å². The number of nitrogens with zero attached hydrogens (tertiary/aromatic N) is 2. The summed E-state index contributed by atoms with van der Waals surface area (Å²) in [5, 5.41) is 14.6. The molecule has 5 heteroatoms. The van der Waals surface area contributed by atoms with E-state index in [1.807, 2.05) is 12.1 Å². The molecule has 4 nitrogen and oxygen atoms in total. The lowest BCUT2D eigenvalue weighted by Crippen LogP contribution is -2.22. The van der Waals surface area contributed by atoms with Crippen LogP contribution in [0.15, 0.2) is 12.1 Å². The molecule has 2 heterocycles. The third kappa shape index (κ3) is 2.50. The Morgan fingerprint density at radius 3 is 3.00 bits per heavy atom. The van der Waals surface area contributed by atoms with E-state index in [9.17, 15) is 0 Å². The van der Waals surface area contributed by atoms with Crippen LogP contribution < -0.4 is 10.6 Å². The topological polar surface area (TPSA) is 49.8 Å². The van der Waals surface area contributed by atoms with Crippen molar-refractivity contribution in [3.05, 3.63) is 15.8 Å². The second-order valence-electron chi connectivity index (χ2n) is 3.08. The first-order chi connectivity index (χ1) is 6.34. The van der Waals surface area contributed by atoms with E-state index in [0.29, 0.717) is 6.04 Å². The van der Waals surface area contributed by atoms with Gasteiger partial charge in [0.1, 0.15) is 9.52 Å². The van der Waals surface area contributed by atoms with Crippen molar-refractivity contribution in [2.75, 3.05) is 18.4 Å². The summed E-state index contributed by atoms with van der Waals surface area (Å²) in [6, 6.07) is 4.43. The smallest absolute Gasteiger partial charge is 0.148 e. The van der Waals surface area contributed by atoms with Crippen LogP contribution >= 0.6 is 22.6 Å². The molecule has 0 aromatic carbocycles. The summed E-state index contributed by atoms with van der Waals surface area (Å²) < 4.78 is 0.924. The van der Waals surface area contributed by atoms with Crippen molar-refractivity contribution in [3.8, 4) is 0 Å². The van der Waals surface area contributed by atoms with Crippen LogP contribution in [0.5, 0.6) is 0 Å². The molecule has 1 saturated heterocycles. The molecular formula is C8H11IN4. The first-order valence-electron chi connectivity index (χ1n) is 4.31. The number of hydrogen-bond donors (Lipinski definition) is 2. The van der Waals surface area contributed by atoms with Crippen molar-refractivity contribution in [3.63, 3.8) is 0 Å². The van der Waals surface area contributed by atoms with Crippen LogP contribution in [-0.4, -0.2) is 29.3 Å². The van der Waals surface area contributed by atoms with E-state index in [1.165, 1.54) is 0 Å². The molecule has 0 aliphatic carbocycles. The number of rotatable bonds is 2. The van der Waals surface area contributed by atoms with Gasteiger partial charge in [-0.25, -0.2) is 0 Å². The number of anilines is 1. The van der Waals surface area contributed by atoms with Crippen LogP contribution in [0, 0.1) is 3.70 Å². The molecule has 1 aromatic heterocycles. The SMILES string of the molecule is Ic1ccc(NC2CCNC2)nn1. The highest BCUT2D eigenvalue weighted by atomic mass is 127.